The van der Waals surface area contributed by atoms with Crippen LogP contribution in [0.5, 0.6) is 0 Å². The van der Waals surface area contributed by atoms with E-state index in [1.807, 2.05) is 0 Å². The molecule has 0 unspecified atom stereocenters. The van der Waals surface area contributed by atoms with Crippen molar-refractivity contribution >= 4 is 23.9 Å². The molecule has 4 atom stereocenters. The highest BCUT2D eigenvalue weighted by Crippen LogP contribution is 2.65. The number of allylic oxidation sites excluding steroid dienone is 3. The minimum atomic E-state index is -1.13. The van der Waals surface area contributed by atoms with E-state index in [1.54, 1.807) is 25.2 Å². The second kappa shape index (κ2) is 7.98. The highest BCUT2D eigenvalue weighted by Gasteiger charge is 2.74. The van der Waals surface area contributed by atoms with Gasteiger partial charge in [0.15, 0.2) is 0 Å². The van der Waals surface area contributed by atoms with Crippen LogP contribution in [-0.4, -0.2) is 47.3 Å². The second-order valence-electron chi connectivity index (χ2n) is 8.67. The van der Waals surface area contributed by atoms with Crippen LogP contribution >= 0.6 is 0 Å². The molecular formula is C23H28O8. The molecule has 0 radical (unpaired) electrons. The smallest absolute Gasteiger partial charge is 0.333 e. The Hall–Kier alpha value is -2.90. The van der Waals surface area contributed by atoms with Gasteiger partial charge in [-0.15, -0.1) is 0 Å². The summed E-state index contributed by atoms with van der Waals surface area (Å²) in [6, 6.07) is 0. The predicted molar refractivity (Wildman–Crippen MR) is 109 cm³/mol. The Morgan fingerprint density at radius 2 is 1.97 bits per heavy atom. The lowest BCUT2D eigenvalue weighted by molar-refractivity contribution is -0.235. The van der Waals surface area contributed by atoms with Crippen molar-refractivity contribution in [1.29, 1.82) is 0 Å². The van der Waals surface area contributed by atoms with Crippen molar-refractivity contribution in [2.24, 2.45) is 11.3 Å². The van der Waals surface area contributed by atoms with Crippen LogP contribution in [0.4, 0.5) is 0 Å². The Balaban J connectivity index is 2.07. The van der Waals surface area contributed by atoms with Crippen molar-refractivity contribution in [3.05, 3.63) is 35.5 Å². The molecule has 8 heteroatoms. The number of methoxy groups -OCH3 is 1. The lowest BCUT2D eigenvalue weighted by Gasteiger charge is -2.54. The number of carboxylic acids is 1. The molecule has 168 valence electrons. The van der Waals surface area contributed by atoms with Gasteiger partial charge in [-0.3, -0.25) is 9.59 Å². The summed E-state index contributed by atoms with van der Waals surface area (Å²) in [6.45, 7) is 4.53. The van der Waals surface area contributed by atoms with Gasteiger partial charge in [-0.05, 0) is 52.0 Å². The molecule has 3 aliphatic rings. The van der Waals surface area contributed by atoms with Gasteiger partial charge in [-0.2, -0.15) is 0 Å². The van der Waals surface area contributed by atoms with Gasteiger partial charge in [-0.25, -0.2) is 9.59 Å². The van der Waals surface area contributed by atoms with E-state index in [0.29, 0.717) is 31.3 Å². The number of cyclic esters (lactones) is 1. The first kappa shape index (κ1) is 22.8. The third-order valence-electron chi connectivity index (χ3n) is 6.97. The minimum absolute atomic E-state index is 0.138. The summed E-state index contributed by atoms with van der Waals surface area (Å²) < 4.78 is 16.7. The van der Waals surface area contributed by atoms with Crippen LogP contribution in [0.1, 0.15) is 52.9 Å². The van der Waals surface area contributed by atoms with Gasteiger partial charge in [0.1, 0.15) is 16.6 Å². The lowest BCUT2D eigenvalue weighted by Crippen LogP contribution is -2.65. The number of hydrogen-bond acceptors (Lipinski definition) is 7. The van der Waals surface area contributed by atoms with E-state index in [4.69, 9.17) is 19.3 Å². The zero-order valence-corrected chi connectivity index (χ0v) is 18.2. The molecule has 1 saturated heterocycles. The molecule has 0 aromatic carbocycles. The van der Waals surface area contributed by atoms with Crippen LogP contribution in [0, 0.1) is 11.3 Å². The third kappa shape index (κ3) is 3.58. The molecule has 2 bridgehead atoms. The normalized spacial score (nSPS) is 35.0. The average molecular weight is 432 g/mol. The zero-order chi connectivity index (χ0) is 23.0. The average Bonchev–Trinajstić information content (AvgIpc) is 2.84. The van der Waals surface area contributed by atoms with Crippen LogP contribution in [0.3, 0.4) is 0 Å². The van der Waals surface area contributed by atoms with Gasteiger partial charge < -0.3 is 19.3 Å². The number of carbonyl (C=O) groups is 4. The first-order valence-corrected chi connectivity index (χ1v) is 10.3. The number of aliphatic carboxylic acids is 1. The minimum Gasteiger partial charge on any atom is -0.478 e. The molecule has 1 heterocycles. The summed E-state index contributed by atoms with van der Waals surface area (Å²) in [7, 11) is 1.30. The molecule has 2 fully saturated rings. The Bertz CT molecular complexity index is 913. The van der Waals surface area contributed by atoms with Crippen molar-refractivity contribution < 1.29 is 38.5 Å². The van der Waals surface area contributed by atoms with Crippen LogP contribution in [0.25, 0.3) is 0 Å². The predicted octanol–water partition coefficient (Wildman–Crippen LogP) is 2.87. The Morgan fingerprint density at radius 1 is 1.26 bits per heavy atom. The monoisotopic (exact) mass is 432 g/mol. The summed E-state index contributed by atoms with van der Waals surface area (Å²) in [5.74, 6) is -2.83. The molecule has 1 saturated carbocycles. The lowest BCUT2D eigenvalue weighted by atomic mass is 9.62. The maximum absolute atomic E-state index is 13.4. The van der Waals surface area contributed by atoms with Gasteiger partial charge in [-0.1, -0.05) is 18.2 Å². The fraction of sp³-hybridized carbons (Fsp3) is 0.565. The largest absolute Gasteiger partial charge is 0.478 e. The molecule has 8 nitrogen and oxygen atoms in total. The topological polar surface area (TPSA) is 116 Å². The van der Waals surface area contributed by atoms with Crippen molar-refractivity contribution in [3.8, 4) is 0 Å². The van der Waals surface area contributed by atoms with Crippen molar-refractivity contribution in [2.75, 3.05) is 7.11 Å². The second-order valence-corrected chi connectivity index (χ2v) is 8.67. The van der Waals surface area contributed by atoms with E-state index >= 15 is 0 Å². The van der Waals surface area contributed by atoms with Gasteiger partial charge in [0.2, 0.25) is 0 Å². The van der Waals surface area contributed by atoms with Crippen LogP contribution < -0.4 is 0 Å². The molecule has 1 aliphatic heterocycles. The summed E-state index contributed by atoms with van der Waals surface area (Å²) >= 11 is 0. The third-order valence-corrected chi connectivity index (χ3v) is 6.97. The van der Waals surface area contributed by atoms with E-state index in [0.717, 1.165) is 0 Å². The van der Waals surface area contributed by atoms with Gasteiger partial charge in [0, 0.05) is 24.0 Å². The highest BCUT2D eigenvalue weighted by atomic mass is 16.6. The van der Waals surface area contributed by atoms with Gasteiger partial charge in [0.05, 0.1) is 7.11 Å². The first-order chi connectivity index (χ1) is 14.5. The Labute approximate surface area is 180 Å². The molecular weight excluding hydrogens is 404 g/mol. The quantitative estimate of drug-likeness (QED) is 0.305. The maximum Gasteiger partial charge on any atom is 0.333 e. The Morgan fingerprint density at radius 3 is 2.58 bits per heavy atom. The maximum atomic E-state index is 13.4. The van der Waals surface area contributed by atoms with E-state index in [2.05, 4.69) is 0 Å². The molecule has 0 amide bonds. The molecule has 0 spiro atoms. The van der Waals surface area contributed by atoms with E-state index in [-0.39, 0.29) is 17.9 Å². The summed E-state index contributed by atoms with van der Waals surface area (Å²) in [5.41, 5.74) is -2.71. The van der Waals surface area contributed by atoms with Gasteiger partial charge >= 0.3 is 23.9 Å². The number of hydrogen-bond donors (Lipinski definition) is 1. The van der Waals surface area contributed by atoms with Crippen molar-refractivity contribution in [1.82, 2.24) is 0 Å². The Kier molecular flexibility index (Phi) is 5.86. The zero-order valence-electron chi connectivity index (χ0n) is 18.2. The van der Waals surface area contributed by atoms with Crippen LogP contribution in [0.15, 0.2) is 35.5 Å². The molecule has 0 aromatic rings. The summed E-state index contributed by atoms with van der Waals surface area (Å²) in [4.78, 5) is 48.8. The van der Waals surface area contributed by atoms with Crippen LogP contribution in [-0.2, 0) is 33.4 Å². The summed E-state index contributed by atoms with van der Waals surface area (Å²) in [6.07, 6.45) is 8.21. The number of carbonyl (C=O) groups excluding carboxylic acids is 3. The highest BCUT2D eigenvalue weighted by molar-refractivity contribution is 5.89. The van der Waals surface area contributed by atoms with E-state index in [9.17, 15) is 19.2 Å². The standard InChI is InChI=1S/C23H28O8/c1-14(18(25)26)6-5-10-21(3)17-9-12-22(20(28)31-21)11-7-16(19(27)29-4)8-13-23(17,22)30-15(2)24/h5-7,10,17H,8-9,11-13H2,1-4H3,(H,25,26)/b10-5+,14-6+/t17-,21-,22+,23-/m0/s1. The number of carboxylic acid groups (broad SMARTS) is 1. The van der Waals surface area contributed by atoms with Gasteiger partial charge in [0.25, 0.3) is 0 Å². The fourth-order valence-electron chi connectivity index (χ4n) is 5.45. The molecule has 1 N–H and O–H groups in total. The molecule has 0 aromatic heterocycles. The number of rotatable bonds is 5. The SMILES string of the molecule is COC(=O)C1=CC[C@]23CC[C@H]([C@@]2(OC(C)=O)CC1)[C@](C)(/C=C/C=C(\C)C(=O)O)OC3=O. The number of esters is 3. The fourth-order valence-corrected chi connectivity index (χ4v) is 5.45. The first-order valence-electron chi connectivity index (χ1n) is 10.3. The number of ether oxygens (including phenoxy) is 3. The van der Waals surface area contributed by atoms with E-state index in [1.165, 1.54) is 27.0 Å². The van der Waals surface area contributed by atoms with E-state index < -0.39 is 40.5 Å². The summed E-state index contributed by atoms with van der Waals surface area (Å²) in [5, 5.41) is 9.06. The molecule has 2 aliphatic carbocycles. The molecule has 31 heavy (non-hydrogen) atoms. The van der Waals surface area contributed by atoms with Crippen molar-refractivity contribution in [2.45, 2.75) is 64.1 Å². The van der Waals surface area contributed by atoms with Crippen LogP contribution in [0.2, 0.25) is 0 Å². The van der Waals surface area contributed by atoms with Crippen molar-refractivity contribution in [3.63, 3.8) is 0 Å². The molecule has 3 rings (SSSR count).